The van der Waals surface area contributed by atoms with Crippen molar-refractivity contribution in [2.75, 3.05) is 0 Å². The summed E-state index contributed by atoms with van der Waals surface area (Å²) in [4.78, 5) is 8.51. The van der Waals surface area contributed by atoms with Crippen LogP contribution in [0.2, 0.25) is 0 Å². The van der Waals surface area contributed by atoms with E-state index in [1.54, 1.807) is 0 Å². The summed E-state index contributed by atoms with van der Waals surface area (Å²) in [5, 5.41) is 0. The number of benzene rings is 1. The van der Waals surface area contributed by atoms with Gasteiger partial charge in [-0.2, -0.15) is 8.97 Å². The van der Waals surface area contributed by atoms with Crippen LogP contribution in [0.3, 0.4) is 0 Å². The summed E-state index contributed by atoms with van der Waals surface area (Å²) in [5.74, 6) is 1.07. The number of hydrogen-bond acceptors (Lipinski definition) is 1. The Morgan fingerprint density at radius 2 is 1.71 bits per heavy atom. The summed E-state index contributed by atoms with van der Waals surface area (Å²) in [6, 6.07) is 21.0. The lowest BCUT2D eigenvalue weighted by Gasteiger charge is -2.01. The molecular formula is C24H22N4+2. The van der Waals surface area contributed by atoms with Gasteiger partial charge in [0.05, 0.1) is 17.5 Å². The van der Waals surface area contributed by atoms with Gasteiger partial charge >= 0.3 is 0 Å². The lowest BCUT2D eigenvalue weighted by Crippen LogP contribution is -2.70. The number of pyridine rings is 2. The Balaban J connectivity index is 1.84. The highest BCUT2D eigenvalue weighted by atomic mass is 15.1. The zero-order valence-electron chi connectivity index (χ0n) is 16.3. The SMILES string of the molecule is CC1=Nc2ccc[n+](C)c2C1=[NH+]c1c(-c2ccccc2)c(C)c2ccccn12. The maximum Gasteiger partial charge on any atom is 0.293 e. The van der Waals surface area contributed by atoms with Gasteiger partial charge in [0.1, 0.15) is 18.3 Å². The highest BCUT2D eigenvalue weighted by Gasteiger charge is 2.32. The van der Waals surface area contributed by atoms with Crippen molar-refractivity contribution in [1.82, 2.24) is 4.40 Å². The van der Waals surface area contributed by atoms with Crippen LogP contribution in [0.4, 0.5) is 11.5 Å². The van der Waals surface area contributed by atoms with E-state index in [-0.39, 0.29) is 0 Å². The summed E-state index contributed by atoms with van der Waals surface area (Å²) in [7, 11) is 2.06. The number of aliphatic imine (C=N–C) groups is 1. The van der Waals surface area contributed by atoms with E-state index in [4.69, 9.17) is 4.99 Å². The average Bonchev–Trinajstić information content (AvgIpc) is 3.18. The molecule has 1 aliphatic heterocycles. The Labute approximate surface area is 164 Å². The molecule has 28 heavy (non-hydrogen) atoms. The molecule has 4 heteroatoms. The molecule has 4 heterocycles. The summed E-state index contributed by atoms with van der Waals surface area (Å²) in [5.41, 5.74) is 9.07. The number of nitrogens with zero attached hydrogens (tertiary/aromatic N) is 3. The predicted octanol–water partition coefficient (Wildman–Crippen LogP) is 3.05. The van der Waals surface area contributed by atoms with Gasteiger partial charge in [-0.1, -0.05) is 36.4 Å². The number of hydrogen-bond donors (Lipinski definition) is 1. The molecule has 5 rings (SSSR count). The number of aromatic nitrogens is 2. The molecule has 0 unspecified atom stereocenters. The van der Waals surface area contributed by atoms with Crippen molar-refractivity contribution in [1.29, 1.82) is 0 Å². The van der Waals surface area contributed by atoms with Gasteiger partial charge in [0, 0.05) is 11.6 Å². The van der Waals surface area contributed by atoms with Crippen molar-refractivity contribution in [3.63, 3.8) is 0 Å². The van der Waals surface area contributed by atoms with E-state index in [1.165, 1.54) is 22.2 Å². The molecule has 136 valence electrons. The second kappa shape index (κ2) is 6.27. The highest BCUT2D eigenvalue weighted by Crippen LogP contribution is 2.33. The van der Waals surface area contributed by atoms with Crippen LogP contribution in [0.25, 0.3) is 16.6 Å². The molecule has 4 nitrogen and oxygen atoms in total. The van der Waals surface area contributed by atoms with E-state index in [9.17, 15) is 0 Å². The standard InChI is InChI=1S/C24H21N4/c1-16-20-13-7-8-15-28(20)24(21(16)18-10-5-4-6-11-18)26-22-17(2)25-19-12-9-14-27(3)23(19)22/h4-15H,1-3H3/q+1/p+1. The average molecular weight is 366 g/mol. The number of rotatable bonds is 2. The third kappa shape index (κ3) is 2.42. The minimum absolute atomic E-state index is 0.999. The van der Waals surface area contributed by atoms with Gasteiger partial charge in [0.25, 0.3) is 11.5 Å². The highest BCUT2D eigenvalue weighted by molar-refractivity contribution is 6.48. The molecule has 0 amide bonds. The van der Waals surface area contributed by atoms with Crippen molar-refractivity contribution in [3.05, 3.63) is 84.3 Å². The van der Waals surface area contributed by atoms with Crippen LogP contribution in [-0.4, -0.2) is 15.8 Å². The van der Waals surface area contributed by atoms with Crippen LogP contribution in [0.1, 0.15) is 18.2 Å². The number of nitrogens with one attached hydrogen (secondary N) is 1. The van der Waals surface area contributed by atoms with E-state index in [0.29, 0.717) is 0 Å². The van der Waals surface area contributed by atoms with Crippen molar-refractivity contribution in [2.24, 2.45) is 12.0 Å². The fourth-order valence-corrected chi connectivity index (χ4v) is 4.12. The molecule has 0 bridgehead atoms. The summed E-state index contributed by atoms with van der Waals surface area (Å²) >= 11 is 0. The quantitative estimate of drug-likeness (QED) is 0.529. The van der Waals surface area contributed by atoms with Crippen LogP contribution in [0.15, 0.2) is 78.0 Å². The first kappa shape index (κ1) is 16.6. The molecule has 0 spiro atoms. The molecule has 0 atom stereocenters. The molecule has 3 aromatic heterocycles. The van der Waals surface area contributed by atoms with Gasteiger partial charge in [-0.15, -0.1) is 0 Å². The number of fused-ring (bicyclic) bond motifs is 2. The molecule has 4 aromatic rings. The van der Waals surface area contributed by atoms with Crippen LogP contribution in [0, 0.1) is 6.92 Å². The first-order valence-electron chi connectivity index (χ1n) is 9.49. The molecule has 0 fully saturated rings. The Morgan fingerprint density at radius 3 is 2.54 bits per heavy atom. The molecular weight excluding hydrogens is 344 g/mol. The zero-order valence-corrected chi connectivity index (χ0v) is 16.3. The molecule has 1 aliphatic rings. The Morgan fingerprint density at radius 1 is 0.929 bits per heavy atom. The van der Waals surface area contributed by atoms with Gasteiger partial charge < -0.3 is 0 Å². The Hall–Kier alpha value is -3.53. The monoisotopic (exact) mass is 366 g/mol. The zero-order chi connectivity index (χ0) is 19.3. The van der Waals surface area contributed by atoms with E-state index < -0.39 is 0 Å². The third-order valence-corrected chi connectivity index (χ3v) is 5.45. The molecule has 0 saturated carbocycles. The predicted molar refractivity (Wildman–Crippen MR) is 113 cm³/mol. The van der Waals surface area contributed by atoms with Crippen molar-refractivity contribution >= 4 is 28.4 Å². The summed E-state index contributed by atoms with van der Waals surface area (Å²) in [6.07, 6.45) is 4.18. The Kier molecular flexibility index (Phi) is 3.72. The molecule has 0 aliphatic carbocycles. The lowest BCUT2D eigenvalue weighted by atomic mass is 10.0. The van der Waals surface area contributed by atoms with E-state index in [1.807, 2.05) is 6.07 Å². The third-order valence-electron chi connectivity index (χ3n) is 5.45. The van der Waals surface area contributed by atoms with Gasteiger partial charge in [-0.25, -0.2) is 9.98 Å². The van der Waals surface area contributed by atoms with Gasteiger partial charge in [-0.3, -0.25) is 0 Å². The fourth-order valence-electron chi connectivity index (χ4n) is 4.12. The van der Waals surface area contributed by atoms with Crippen LogP contribution >= 0.6 is 0 Å². The summed E-state index contributed by atoms with van der Waals surface area (Å²) in [6.45, 7) is 4.25. The molecule has 1 aromatic carbocycles. The summed E-state index contributed by atoms with van der Waals surface area (Å²) < 4.78 is 4.36. The van der Waals surface area contributed by atoms with Crippen molar-refractivity contribution < 1.29 is 9.56 Å². The van der Waals surface area contributed by atoms with E-state index in [2.05, 4.69) is 102 Å². The normalized spacial score (nSPS) is 14.5. The van der Waals surface area contributed by atoms with Crippen molar-refractivity contribution in [2.45, 2.75) is 13.8 Å². The number of aryl methyl sites for hydroxylation is 2. The first-order valence-corrected chi connectivity index (χ1v) is 9.49. The van der Waals surface area contributed by atoms with Crippen LogP contribution in [0.5, 0.6) is 0 Å². The minimum atomic E-state index is 0.999. The fraction of sp³-hybridized carbons (Fsp3) is 0.125. The van der Waals surface area contributed by atoms with Gasteiger partial charge in [0.2, 0.25) is 5.71 Å². The second-order valence-electron chi connectivity index (χ2n) is 7.22. The molecule has 1 N–H and O–H groups in total. The van der Waals surface area contributed by atoms with Gasteiger partial charge in [-0.05, 0) is 37.6 Å². The largest absolute Gasteiger partial charge is 0.293 e. The topological polar surface area (TPSA) is 34.6 Å². The lowest BCUT2D eigenvalue weighted by molar-refractivity contribution is -0.673. The van der Waals surface area contributed by atoms with Gasteiger partial charge in [0.15, 0.2) is 6.20 Å². The smallest absolute Gasteiger partial charge is 0.242 e. The van der Waals surface area contributed by atoms with Crippen LogP contribution in [-0.2, 0) is 7.05 Å². The maximum atomic E-state index is 4.77. The molecule has 0 radical (unpaired) electrons. The first-order chi connectivity index (χ1) is 13.6. The minimum Gasteiger partial charge on any atom is -0.242 e. The molecule has 0 saturated heterocycles. The van der Waals surface area contributed by atoms with E-state index in [0.717, 1.165) is 28.6 Å². The Bertz CT molecular complexity index is 1280. The van der Waals surface area contributed by atoms with Crippen molar-refractivity contribution in [3.8, 4) is 11.1 Å². The maximum absolute atomic E-state index is 4.77. The van der Waals surface area contributed by atoms with Crippen LogP contribution < -0.4 is 9.56 Å². The van der Waals surface area contributed by atoms with E-state index >= 15 is 0 Å². The second-order valence-corrected chi connectivity index (χ2v) is 7.22.